The van der Waals surface area contributed by atoms with Crippen LogP contribution in [0.5, 0.6) is 11.5 Å². The lowest BCUT2D eigenvalue weighted by molar-refractivity contribution is -0.160. The highest BCUT2D eigenvalue weighted by atomic mass is 16.5. The van der Waals surface area contributed by atoms with Crippen molar-refractivity contribution in [1.29, 1.82) is 0 Å². The summed E-state index contributed by atoms with van der Waals surface area (Å²) in [5, 5.41) is 0. The van der Waals surface area contributed by atoms with Crippen molar-refractivity contribution in [3.8, 4) is 11.5 Å². The lowest BCUT2D eigenvalue weighted by Crippen LogP contribution is -2.51. The smallest absolute Gasteiger partial charge is 0.323 e. The van der Waals surface area contributed by atoms with Crippen LogP contribution in [0, 0.1) is 17.7 Å². The van der Waals surface area contributed by atoms with Gasteiger partial charge in [-0.25, -0.2) is 0 Å². The summed E-state index contributed by atoms with van der Waals surface area (Å²) < 4.78 is 111. The van der Waals surface area contributed by atoms with Crippen LogP contribution in [-0.2, 0) is 15.9 Å². The largest absolute Gasteiger partial charge is 0.493 e. The first-order valence-electron chi connectivity index (χ1n) is 15.4. The van der Waals surface area contributed by atoms with E-state index in [4.69, 9.17) is 33.7 Å². The summed E-state index contributed by atoms with van der Waals surface area (Å²) in [6.07, 6.45) is -7.80. The highest BCUT2D eigenvalue weighted by molar-refractivity contribution is 5.76. The third-order valence-corrected chi connectivity index (χ3v) is 5.37. The summed E-state index contributed by atoms with van der Waals surface area (Å²) in [6.45, 7) is -2.60. The lowest BCUT2D eigenvalue weighted by atomic mass is 9.79. The van der Waals surface area contributed by atoms with Gasteiger partial charge < -0.3 is 19.9 Å². The van der Waals surface area contributed by atoms with E-state index in [1.165, 1.54) is 26.4 Å². The summed E-state index contributed by atoms with van der Waals surface area (Å²) in [4.78, 5) is 13.8. The fourth-order valence-electron chi connectivity index (χ4n) is 3.63. The Hall–Kier alpha value is -1.79. The molecule has 0 spiro atoms. The average Bonchev–Trinajstić information content (AvgIpc) is 2.85. The second-order valence-corrected chi connectivity index (χ2v) is 7.87. The van der Waals surface area contributed by atoms with Gasteiger partial charge in [0.05, 0.1) is 15.6 Å². The van der Waals surface area contributed by atoms with Crippen molar-refractivity contribution in [1.82, 2.24) is 4.90 Å². The van der Waals surface area contributed by atoms with Gasteiger partial charge in [0.25, 0.3) is 0 Å². The van der Waals surface area contributed by atoms with E-state index in [1.54, 1.807) is 13.8 Å². The van der Waals surface area contributed by atoms with E-state index in [-0.39, 0.29) is 28.5 Å². The van der Waals surface area contributed by atoms with Gasteiger partial charge in [0.15, 0.2) is 11.5 Å². The number of carbonyl (C=O) groups excluding carboxylic acids is 1. The third kappa shape index (κ3) is 4.75. The van der Waals surface area contributed by atoms with Crippen molar-refractivity contribution >= 4 is 5.97 Å². The van der Waals surface area contributed by atoms with Crippen LogP contribution in [0.1, 0.15) is 72.6 Å². The molecule has 2 aliphatic rings. The monoisotopic (exact) mass is 429 g/mol. The molecule has 6 nitrogen and oxygen atoms in total. The Kier molecular flexibility index (Phi) is 3.92. The number of nitrogens with two attached hydrogens (primary N) is 1. The van der Waals surface area contributed by atoms with Gasteiger partial charge in [0.2, 0.25) is 0 Å². The average molecular weight is 430 g/mol. The van der Waals surface area contributed by atoms with E-state index in [0.717, 1.165) is 11.8 Å². The molecule has 1 fully saturated rings. The molecule has 1 aromatic rings. The van der Waals surface area contributed by atoms with Crippen molar-refractivity contribution < 1.29 is 34.1 Å². The van der Waals surface area contributed by atoms with Gasteiger partial charge in [-0.3, -0.25) is 9.69 Å². The second-order valence-electron chi connectivity index (χ2n) is 7.87. The number of aryl methyl sites for hydroxylation is 1. The van der Waals surface area contributed by atoms with Crippen LogP contribution in [0.3, 0.4) is 0 Å². The number of hydrogen-bond acceptors (Lipinski definition) is 6. The molecule has 0 aromatic heterocycles. The number of ether oxygens (including phenoxy) is 3. The number of fused-ring (bicyclic) bond motifs is 3. The van der Waals surface area contributed by atoms with Crippen molar-refractivity contribution in [2.75, 3.05) is 27.3 Å². The molecular weight excluding hydrogens is 380 g/mol. The summed E-state index contributed by atoms with van der Waals surface area (Å²) in [5.74, 6) is -5.48. The molecule has 0 saturated carbocycles. The van der Waals surface area contributed by atoms with Crippen LogP contribution in [0.15, 0.2) is 12.1 Å². The maximum Gasteiger partial charge on any atom is 0.323 e. The molecule has 0 radical (unpaired) electrons. The zero-order chi connectivity index (χ0) is 31.7. The molecule has 3 rings (SSSR count). The standard InChI is InChI=1S/C24H38N2O4/c1-14(2)9-17-13-26-8-7-16-10-21(28-5)22(29-6)11-18(16)19(26)12-20(17)30-24(27)23(25)15(3)4/h10-11,14-15,17,19-20,23H,7-9,12-13,25H2,1-6H3/t17?,19?,20?,23-/m0/s1/i1D3,7D2,8D2,9D2,14D,19D/t14?,17?,19?,20?,23-. The summed E-state index contributed by atoms with van der Waals surface area (Å²) in [7, 11) is 2.66. The van der Waals surface area contributed by atoms with Gasteiger partial charge in [-0.2, -0.15) is 0 Å². The minimum Gasteiger partial charge on any atom is -0.493 e. The molecule has 2 aliphatic heterocycles. The van der Waals surface area contributed by atoms with Gasteiger partial charge in [-0.05, 0) is 47.8 Å². The zero-order valence-corrected chi connectivity index (χ0v) is 18.0. The Morgan fingerprint density at radius 1 is 1.40 bits per heavy atom. The maximum absolute atomic E-state index is 13.0. The number of esters is 1. The van der Waals surface area contributed by atoms with E-state index in [9.17, 15) is 6.17 Å². The Bertz CT molecular complexity index is 1170. The van der Waals surface area contributed by atoms with Crippen molar-refractivity contribution in [3.63, 3.8) is 0 Å². The summed E-state index contributed by atoms with van der Waals surface area (Å²) >= 11 is 0. The number of methoxy groups -OCH3 is 2. The van der Waals surface area contributed by atoms with Crippen molar-refractivity contribution in [2.24, 2.45) is 23.5 Å². The molecule has 5 atom stereocenters. The van der Waals surface area contributed by atoms with Gasteiger partial charge in [-0.1, -0.05) is 27.6 Å². The molecule has 1 saturated heterocycles. The molecule has 2 heterocycles. The van der Waals surface area contributed by atoms with E-state index in [1.807, 2.05) is 0 Å². The highest BCUT2D eigenvalue weighted by Crippen LogP contribution is 2.44. The fourth-order valence-corrected chi connectivity index (χ4v) is 3.63. The summed E-state index contributed by atoms with van der Waals surface area (Å²) in [5.41, 5.74) is 5.76. The molecule has 168 valence electrons. The predicted octanol–water partition coefficient (Wildman–Crippen LogP) is 3.56. The van der Waals surface area contributed by atoms with Crippen LogP contribution in [0.2, 0.25) is 0 Å². The van der Waals surface area contributed by atoms with E-state index in [2.05, 4.69) is 0 Å². The Balaban J connectivity index is 2.30. The van der Waals surface area contributed by atoms with E-state index in [0.29, 0.717) is 0 Å². The van der Waals surface area contributed by atoms with Crippen LogP contribution < -0.4 is 15.2 Å². The third-order valence-electron chi connectivity index (χ3n) is 5.37. The fraction of sp³-hybridized carbons (Fsp3) is 0.708. The van der Waals surface area contributed by atoms with Gasteiger partial charge >= 0.3 is 5.97 Å². The molecular formula is C24H38N2O4. The number of benzene rings is 1. The van der Waals surface area contributed by atoms with Gasteiger partial charge in [-0.15, -0.1) is 0 Å². The number of piperidine rings is 1. The molecule has 0 aliphatic carbocycles. The normalized spacial score (nSPS) is 39.0. The van der Waals surface area contributed by atoms with Crippen LogP contribution in [-0.4, -0.2) is 50.3 Å². The van der Waals surface area contributed by atoms with E-state index < -0.39 is 75.0 Å². The molecule has 4 unspecified atom stereocenters. The number of carbonyl (C=O) groups is 1. The minimum absolute atomic E-state index is 0.0204. The number of rotatable bonds is 7. The maximum atomic E-state index is 13.0. The first-order valence-corrected chi connectivity index (χ1v) is 9.94. The molecule has 1 aromatic carbocycles. The Labute approximate surface area is 196 Å². The molecule has 0 amide bonds. The van der Waals surface area contributed by atoms with Gasteiger partial charge in [0.1, 0.15) is 12.1 Å². The number of nitrogens with zero attached hydrogens (tertiary/aromatic N) is 1. The Morgan fingerprint density at radius 3 is 2.73 bits per heavy atom. The molecule has 30 heavy (non-hydrogen) atoms. The summed E-state index contributed by atoms with van der Waals surface area (Å²) in [6, 6.07) is -0.681. The van der Waals surface area contributed by atoms with Crippen molar-refractivity contribution in [3.05, 3.63) is 23.3 Å². The first-order chi connectivity index (χ1) is 18.4. The van der Waals surface area contributed by atoms with E-state index >= 15 is 0 Å². The van der Waals surface area contributed by atoms with Crippen molar-refractivity contribution in [2.45, 2.75) is 65.0 Å². The van der Waals surface area contributed by atoms with Crippen LogP contribution in [0.4, 0.5) is 0 Å². The van der Waals surface area contributed by atoms with Crippen LogP contribution in [0.25, 0.3) is 0 Å². The quantitative estimate of drug-likeness (QED) is 0.668. The van der Waals surface area contributed by atoms with Crippen LogP contribution >= 0.6 is 0 Å². The topological polar surface area (TPSA) is 74.0 Å². The molecule has 0 bridgehead atoms. The lowest BCUT2D eigenvalue weighted by Gasteiger charge is -2.47. The minimum atomic E-state index is -3.14. The second kappa shape index (κ2) is 9.56. The zero-order valence-electron chi connectivity index (χ0n) is 29.0. The Morgan fingerprint density at radius 2 is 2.10 bits per heavy atom. The molecule has 6 heteroatoms. The molecule has 2 N–H and O–H groups in total. The SMILES string of the molecule is [2H]C12CC(OC(=O)[C@@H](N)C(C)C)C(C([2H])([2H])C([2H])(C)C([2H])([2H])[2H])CN1C([2H])([2H])C([2H])([2H])c1cc(OC)c(OC)cc12. The predicted molar refractivity (Wildman–Crippen MR) is 118 cm³/mol. The number of hydrogen-bond donors (Lipinski definition) is 1. The highest BCUT2D eigenvalue weighted by Gasteiger charge is 2.41. The first kappa shape index (κ1) is 12.3. The van der Waals surface area contributed by atoms with Gasteiger partial charge in [0, 0.05) is 45.1 Å².